The topological polar surface area (TPSA) is 38.3 Å². The minimum Gasteiger partial charge on any atom is -0.494 e. The van der Waals surface area contributed by atoms with Crippen LogP contribution in [0.3, 0.4) is 0 Å². The Bertz CT molecular complexity index is 909. The molecule has 0 saturated heterocycles. The largest absolute Gasteiger partial charge is 0.494 e. The number of allylic oxidation sites excluding steroid dienone is 9. The summed E-state index contributed by atoms with van der Waals surface area (Å²) in [5.41, 5.74) is 6.06. The molecule has 3 nitrogen and oxygen atoms in total. The van der Waals surface area contributed by atoms with Crippen LogP contribution in [0.5, 0.6) is 5.75 Å². The van der Waals surface area contributed by atoms with Gasteiger partial charge in [0.2, 0.25) is 5.91 Å². The minimum absolute atomic E-state index is 0.145. The molecule has 1 amide bonds. The first-order valence-corrected chi connectivity index (χ1v) is 11.2. The number of carbonyl (C=O) groups is 1. The molecule has 0 spiro atoms. The Morgan fingerprint density at radius 2 is 1.84 bits per heavy atom. The Morgan fingerprint density at radius 1 is 1.13 bits per heavy atom. The van der Waals surface area contributed by atoms with Crippen molar-refractivity contribution in [2.24, 2.45) is 5.41 Å². The molecule has 1 aliphatic rings. The van der Waals surface area contributed by atoms with Gasteiger partial charge in [-0.05, 0) is 87.8 Å². The van der Waals surface area contributed by atoms with E-state index in [4.69, 9.17) is 4.74 Å². The Labute approximate surface area is 188 Å². The van der Waals surface area contributed by atoms with E-state index < -0.39 is 0 Å². The van der Waals surface area contributed by atoms with Gasteiger partial charge in [-0.15, -0.1) is 0 Å². The fourth-order valence-electron chi connectivity index (χ4n) is 3.87. The molecule has 1 aromatic carbocycles. The third-order valence-electron chi connectivity index (χ3n) is 5.57. The number of nitrogens with one attached hydrogen (secondary N) is 1. The highest BCUT2D eigenvalue weighted by Crippen LogP contribution is 2.40. The Morgan fingerprint density at radius 3 is 2.48 bits per heavy atom. The number of rotatable bonds is 8. The molecule has 0 radical (unpaired) electrons. The molecule has 1 aromatic rings. The predicted molar refractivity (Wildman–Crippen MR) is 132 cm³/mol. The first kappa shape index (κ1) is 24.5. The molecule has 0 atom stereocenters. The van der Waals surface area contributed by atoms with E-state index in [1.807, 2.05) is 50.3 Å². The van der Waals surface area contributed by atoms with E-state index in [1.54, 1.807) is 6.08 Å². The van der Waals surface area contributed by atoms with Gasteiger partial charge in [0, 0.05) is 11.8 Å². The molecule has 0 aromatic heterocycles. The van der Waals surface area contributed by atoms with Gasteiger partial charge in [-0.2, -0.15) is 0 Å². The smallest absolute Gasteiger partial charge is 0.248 e. The summed E-state index contributed by atoms with van der Waals surface area (Å²) in [6.07, 6.45) is 15.8. The van der Waals surface area contributed by atoms with E-state index >= 15 is 0 Å². The number of hydrogen-bond acceptors (Lipinski definition) is 2. The molecule has 1 aliphatic carbocycles. The monoisotopic (exact) mass is 419 g/mol. The summed E-state index contributed by atoms with van der Waals surface area (Å²) in [6, 6.07) is 7.38. The molecule has 0 fully saturated rings. The summed E-state index contributed by atoms with van der Waals surface area (Å²) in [6.45, 7) is 13.5. The van der Waals surface area contributed by atoms with E-state index in [0.717, 1.165) is 17.0 Å². The number of benzene rings is 1. The number of carbonyl (C=O) groups excluding carboxylic acids is 1. The van der Waals surface area contributed by atoms with Crippen molar-refractivity contribution in [2.75, 3.05) is 11.9 Å². The quantitative estimate of drug-likeness (QED) is 0.349. The van der Waals surface area contributed by atoms with Crippen molar-refractivity contribution >= 4 is 11.6 Å². The second-order valence-electron chi connectivity index (χ2n) is 8.87. The first-order chi connectivity index (χ1) is 14.7. The average Bonchev–Trinajstić information content (AvgIpc) is 2.68. The van der Waals surface area contributed by atoms with Crippen LogP contribution in [-0.4, -0.2) is 12.5 Å². The zero-order valence-electron chi connectivity index (χ0n) is 19.9. The van der Waals surface area contributed by atoms with E-state index in [9.17, 15) is 4.79 Å². The lowest BCUT2D eigenvalue weighted by Crippen LogP contribution is -2.19. The van der Waals surface area contributed by atoms with Gasteiger partial charge in [0.05, 0.1) is 6.61 Å². The van der Waals surface area contributed by atoms with Crippen molar-refractivity contribution in [1.82, 2.24) is 0 Å². The molecule has 1 N–H and O–H groups in total. The zero-order chi connectivity index (χ0) is 22.9. The van der Waals surface area contributed by atoms with Crippen LogP contribution in [-0.2, 0) is 4.79 Å². The maximum Gasteiger partial charge on any atom is 0.248 e. The molecule has 0 unspecified atom stereocenters. The van der Waals surface area contributed by atoms with Crippen LogP contribution >= 0.6 is 0 Å². The number of hydrogen-bond donors (Lipinski definition) is 1. The van der Waals surface area contributed by atoms with Crippen molar-refractivity contribution in [3.05, 3.63) is 83.0 Å². The van der Waals surface area contributed by atoms with Crippen LogP contribution in [0.2, 0.25) is 0 Å². The van der Waals surface area contributed by atoms with Crippen LogP contribution in [0.15, 0.2) is 83.0 Å². The normalized spacial score (nSPS) is 17.5. The summed E-state index contributed by atoms with van der Waals surface area (Å²) in [4.78, 5) is 12.2. The van der Waals surface area contributed by atoms with Crippen LogP contribution < -0.4 is 10.1 Å². The third kappa shape index (κ3) is 8.09. The zero-order valence-corrected chi connectivity index (χ0v) is 19.9. The number of anilines is 1. The van der Waals surface area contributed by atoms with Gasteiger partial charge in [0.15, 0.2) is 0 Å². The van der Waals surface area contributed by atoms with Crippen molar-refractivity contribution < 1.29 is 9.53 Å². The molecule has 31 heavy (non-hydrogen) atoms. The van der Waals surface area contributed by atoms with Gasteiger partial charge in [0.1, 0.15) is 5.75 Å². The average molecular weight is 420 g/mol. The standard InChI is InChI=1S/C28H37NO2/c1-7-31-25-16-14-24(15-17-25)29-27(30)20-22(3)11-8-10-21(2)13-18-26-23(4)12-9-19-28(26,5)6/h8,10-11,13-18,20H,7,9,12,19H2,1-6H3,(H,29,30)/b11-8+,18-13+,21-10+,22-20+. The highest BCUT2D eigenvalue weighted by atomic mass is 16.5. The van der Waals surface area contributed by atoms with Crippen LogP contribution in [0.4, 0.5) is 5.69 Å². The van der Waals surface area contributed by atoms with Gasteiger partial charge >= 0.3 is 0 Å². The highest BCUT2D eigenvalue weighted by molar-refractivity contribution is 6.00. The maximum atomic E-state index is 12.2. The predicted octanol–water partition coefficient (Wildman–Crippen LogP) is 7.56. The van der Waals surface area contributed by atoms with Gasteiger partial charge < -0.3 is 10.1 Å². The molecule has 166 valence electrons. The van der Waals surface area contributed by atoms with Crippen LogP contribution in [0.1, 0.15) is 60.8 Å². The minimum atomic E-state index is -0.145. The third-order valence-corrected chi connectivity index (χ3v) is 5.57. The molecule has 3 heteroatoms. The lowest BCUT2D eigenvalue weighted by Gasteiger charge is -2.32. The Kier molecular flexibility index (Phi) is 9.11. The molecule has 0 aliphatic heterocycles. The first-order valence-electron chi connectivity index (χ1n) is 11.2. The Hall–Kier alpha value is -2.81. The SMILES string of the molecule is CCOc1ccc(NC(=O)/C=C(C)/C=C/C=C(C)/C=C/C2=C(C)CCCC2(C)C)cc1. The van der Waals surface area contributed by atoms with E-state index in [1.165, 1.54) is 36.0 Å². The van der Waals surface area contributed by atoms with Crippen molar-refractivity contribution in [3.8, 4) is 5.75 Å². The van der Waals surface area contributed by atoms with E-state index in [-0.39, 0.29) is 11.3 Å². The second-order valence-corrected chi connectivity index (χ2v) is 8.87. The summed E-state index contributed by atoms with van der Waals surface area (Å²) < 4.78 is 5.41. The van der Waals surface area contributed by atoms with E-state index in [0.29, 0.717) is 6.61 Å². The van der Waals surface area contributed by atoms with Gasteiger partial charge in [-0.3, -0.25) is 4.79 Å². The lowest BCUT2D eigenvalue weighted by molar-refractivity contribution is -0.111. The second kappa shape index (κ2) is 11.5. The van der Waals surface area contributed by atoms with Crippen molar-refractivity contribution in [3.63, 3.8) is 0 Å². The molecule has 0 saturated carbocycles. The van der Waals surface area contributed by atoms with Gasteiger partial charge in [-0.1, -0.05) is 55.4 Å². The molecule has 0 bridgehead atoms. The maximum absolute atomic E-state index is 12.2. The number of ether oxygens (including phenoxy) is 1. The van der Waals surface area contributed by atoms with Crippen LogP contribution in [0, 0.1) is 5.41 Å². The van der Waals surface area contributed by atoms with Gasteiger partial charge in [-0.25, -0.2) is 0 Å². The van der Waals surface area contributed by atoms with Crippen molar-refractivity contribution in [1.29, 1.82) is 0 Å². The van der Waals surface area contributed by atoms with E-state index in [2.05, 4.69) is 51.2 Å². The summed E-state index contributed by atoms with van der Waals surface area (Å²) >= 11 is 0. The summed E-state index contributed by atoms with van der Waals surface area (Å²) in [7, 11) is 0. The number of amides is 1. The summed E-state index contributed by atoms with van der Waals surface area (Å²) in [5.74, 6) is 0.652. The van der Waals surface area contributed by atoms with Crippen LogP contribution in [0.25, 0.3) is 0 Å². The van der Waals surface area contributed by atoms with Gasteiger partial charge in [0.25, 0.3) is 0 Å². The molecule has 0 heterocycles. The Balaban J connectivity index is 1.93. The fourth-order valence-corrected chi connectivity index (χ4v) is 3.87. The highest BCUT2D eigenvalue weighted by Gasteiger charge is 2.26. The summed E-state index contributed by atoms with van der Waals surface area (Å²) in [5, 5.41) is 2.87. The molecule has 2 rings (SSSR count). The molecular weight excluding hydrogens is 382 g/mol. The fraction of sp³-hybridized carbons (Fsp3) is 0.393. The van der Waals surface area contributed by atoms with Crippen molar-refractivity contribution in [2.45, 2.75) is 60.8 Å². The molecular formula is C28H37NO2. The lowest BCUT2D eigenvalue weighted by atomic mass is 9.72.